The lowest BCUT2D eigenvalue weighted by atomic mass is 10.2. The van der Waals surface area contributed by atoms with Crippen molar-refractivity contribution < 1.29 is 0 Å². The first-order valence-corrected chi connectivity index (χ1v) is 5.75. The molecule has 0 aromatic carbocycles. The van der Waals surface area contributed by atoms with Crippen molar-refractivity contribution in [1.82, 2.24) is 10.3 Å². The predicted molar refractivity (Wildman–Crippen MR) is 63.0 cm³/mol. The summed E-state index contributed by atoms with van der Waals surface area (Å²) in [4.78, 5) is 7.90. The molecule has 1 aromatic heterocycles. The Morgan fingerprint density at radius 3 is 2.86 bits per heavy atom. The largest absolute Gasteiger partial charge is 0.351 e. The van der Waals surface area contributed by atoms with Crippen molar-refractivity contribution in [3.63, 3.8) is 0 Å². The minimum absolute atomic E-state index is 0.677. The number of thiazole rings is 1. The number of nitrogens with one attached hydrogen (secondary N) is 1. The molecule has 0 spiro atoms. The molecule has 1 N–H and O–H groups in total. The molecule has 0 radical (unpaired) electrons. The van der Waals surface area contributed by atoms with E-state index in [0.717, 1.165) is 18.2 Å². The lowest BCUT2D eigenvalue weighted by Crippen LogP contribution is -2.22. The zero-order valence-corrected chi connectivity index (χ0v) is 10.2. The summed E-state index contributed by atoms with van der Waals surface area (Å²) in [5.41, 5.74) is 0. The monoisotopic (exact) mass is 213 g/mol. The van der Waals surface area contributed by atoms with Crippen LogP contribution in [0.5, 0.6) is 0 Å². The van der Waals surface area contributed by atoms with Crippen LogP contribution in [-0.2, 0) is 6.54 Å². The molecule has 1 aromatic rings. The maximum Gasteiger partial charge on any atom is 0.185 e. The van der Waals surface area contributed by atoms with E-state index >= 15 is 0 Å². The fourth-order valence-electron chi connectivity index (χ4n) is 1.36. The maximum atomic E-state index is 4.39. The van der Waals surface area contributed by atoms with Crippen molar-refractivity contribution in [3.05, 3.63) is 11.1 Å². The van der Waals surface area contributed by atoms with E-state index < -0.39 is 0 Å². The Balaban J connectivity index is 2.57. The highest BCUT2D eigenvalue weighted by atomic mass is 32.1. The molecular weight excluding hydrogens is 194 g/mol. The van der Waals surface area contributed by atoms with Crippen molar-refractivity contribution in [2.75, 3.05) is 25.5 Å². The van der Waals surface area contributed by atoms with Gasteiger partial charge in [-0.15, -0.1) is 11.3 Å². The number of aromatic nitrogens is 1. The van der Waals surface area contributed by atoms with E-state index in [2.05, 4.69) is 36.1 Å². The highest BCUT2D eigenvalue weighted by Crippen LogP contribution is 2.21. The van der Waals surface area contributed by atoms with Gasteiger partial charge in [-0.3, -0.25) is 0 Å². The lowest BCUT2D eigenvalue weighted by Gasteiger charge is -2.17. The van der Waals surface area contributed by atoms with E-state index in [9.17, 15) is 0 Å². The van der Waals surface area contributed by atoms with Crippen LogP contribution in [0.4, 0.5) is 5.13 Å². The molecule has 0 saturated carbocycles. The van der Waals surface area contributed by atoms with Gasteiger partial charge in [0.2, 0.25) is 0 Å². The Labute approximate surface area is 90.2 Å². The molecule has 0 aliphatic carbocycles. The number of hydrogen-bond acceptors (Lipinski definition) is 4. The summed E-state index contributed by atoms with van der Waals surface area (Å²) >= 11 is 1.76. The van der Waals surface area contributed by atoms with Crippen LogP contribution in [0.1, 0.15) is 18.7 Å². The Morgan fingerprint density at radius 2 is 2.29 bits per heavy atom. The molecule has 80 valence electrons. The van der Waals surface area contributed by atoms with Crippen molar-refractivity contribution in [2.45, 2.75) is 20.4 Å². The Hall–Kier alpha value is -0.610. The summed E-state index contributed by atoms with van der Waals surface area (Å²) in [6.45, 7) is 6.41. The molecule has 0 atom stereocenters. The maximum absolute atomic E-state index is 4.39. The van der Waals surface area contributed by atoms with Crippen LogP contribution in [0, 0.1) is 5.92 Å². The Morgan fingerprint density at radius 1 is 1.57 bits per heavy atom. The van der Waals surface area contributed by atoms with E-state index in [1.165, 1.54) is 4.88 Å². The molecule has 3 nitrogen and oxygen atoms in total. The molecule has 0 aliphatic heterocycles. The summed E-state index contributed by atoms with van der Waals surface area (Å²) in [5, 5.41) is 4.24. The molecule has 0 saturated heterocycles. The van der Waals surface area contributed by atoms with Gasteiger partial charge < -0.3 is 10.2 Å². The second kappa shape index (κ2) is 5.32. The average molecular weight is 213 g/mol. The smallest absolute Gasteiger partial charge is 0.185 e. The third-order valence-electron chi connectivity index (χ3n) is 1.86. The van der Waals surface area contributed by atoms with Crippen LogP contribution in [0.3, 0.4) is 0 Å². The minimum Gasteiger partial charge on any atom is -0.351 e. The molecule has 1 heterocycles. The Bertz CT molecular complexity index is 270. The predicted octanol–water partition coefficient (Wildman–Crippen LogP) is 1.95. The minimum atomic E-state index is 0.677. The highest BCUT2D eigenvalue weighted by Gasteiger charge is 2.07. The first-order chi connectivity index (χ1) is 6.63. The summed E-state index contributed by atoms with van der Waals surface area (Å²) in [6.07, 6.45) is 1.95. The zero-order chi connectivity index (χ0) is 10.6. The van der Waals surface area contributed by atoms with E-state index in [1.807, 2.05) is 13.2 Å². The topological polar surface area (TPSA) is 28.2 Å². The summed E-state index contributed by atoms with van der Waals surface area (Å²) < 4.78 is 0. The van der Waals surface area contributed by atoms with E-state index in [4.69, 9.17) is 0 Å². The lowest BCUT2D eigenvalue weighted by molar-refractivity contribution is 0.637. The summed E-state index contributed by atoms with van der Waals surface area (Å²) in [5.74, 6) is 0.677. The van der Waals surface area contributed by atoms with E-state index in [0.29, 0.717) is 5.92 Å². The summed E-state index contributed by atoms with van der Waals surface area (Å²) in [7, 11) is 4.05. The van der Waals surface area contributed by atoms with Gasteiger partial charge >= 0.3 is 0 Å². The van der Waals surface area contributed by atoms with Gasteiger partial charge in [-0.2, -0.15) is 0 Å². The highest BCUT2D eigenvalue weighted by molar-refractivity contribution is 7.15. The molecule has 1 rings (SSSR count). The van der Waals surface area contributed by atoms with Crippen molar-refractivity contribution in [1.29, 1.82) is 0 Å². The second-order valence-corrected chi connectivity index (χ2v) is 5.01. The van der Waals surface area contributed by atoms with Gasteiger partial charge in [0.05, 0.1) is 0 Å². The Kier molecular flexibility index (Phi) is 4.35. The first-order valence-electron chi connectivity index (χ1n) is 4.94. The van der Waals surface area contributed by atoms with Gasteiger partial charge in [-0.05, 0) is 13.0 Å². The molecule has 0 fully saturated rings. The van der Waals surface area contributed by atoms with Crippen LogP contribution < -0.4 is 10.2 Å². The number of anilines is 1. The van der Waals surface area contributed by atoms with Crippen molar-refractivity contribution in [2.24, 2.45) is 5.92 Å². The van der Waals surface area contributed by atoms with Crippen LogP contribution in [-0.4, -0.2) is 25.6 Å². The van der Waals surface area contributed by atoms with Crippen LogP contribution in [0.15, 0.2) is 6.20 Å². The molecule has 0 bridgehead atoms. The molecule has 4 heteroatoms. The average Bonchev–Trinajstić information content (AvgIpc) is 2.52. The first kappa shape index (κ1) is 11.5. The van der Waals surface area contributed by atoms with Crippen LogP contribution in [0.25, 0.3) is 0 Å². The van der Waals surface area contributed by atoms with Crippen LogP contribution in [0.2, 0.25) is 0 Å². The SMILES string of the molecule is CNCc1cnc(N(C)CC(C)C)s1. The molecular formula is C10H19N3S. The van der Waals surface area contributed by atoms with Gasteiger partial charge in [-0.25, -0.2) is 4.98 Å². The van der Waals surface area contributed by atoms with Gasteiger partial charge in [-0.1, -0.05) is 13.8 Å². The van der Waals surface area contributed by atoms with E-state index in [1.54, 1.807) is 11.3 Å². The fourth-order valence-corrected chi connectivity index (χ4v) is 2.25. The molecule has 0 amide bonds. The van der Waals surface area contributed by atoms with Crippen molar-refractivity contribution >= 4 is 16.5 Å². The molecule has 14 heavy (non-hydrogen) atoms. The molecule has 0 unspecified atom stereocenters. The van der Waals surface area contributed by atoms with Gasteiger partial charge in [0, 0.05) is 31.2 Å². The second-order valence-electron chi connectivity index (χ2n) is 3.91. The third kappa shape index (κ3) is 3.27. The standard InChI is InChI=1S/C10H19N3S/c1-8(2)7-13(4)10-12-6-9(14-10)5-11-3/h6,8,11H,5,7H2,1-4H3. The van der Waals surface area contributed by atoms with Crippen LogP contribution >= 0.6 is 11.3 Å². The number of nitrogens with zero attached hydrogens (tertiary/aromatic N) is 2. The van der Waals surface area contributed by atoms with Gasteiger partial charge in [0.25, 0.3) is 0 Å². The fraction of sp³-hybridized carbons (Fsp3) is 0.700. The number of hydrogen-bond donors (Lipinski definition) is 1. The summed E-state index contributed by atoms with van der Waals surface area (Å²) in [6, 6.07) is 0. The van der Waals surface area contributed by atoms with E-state index in [-0.39, 0.29) is 0 Å². The zero-order valence-electron chi connectivity index (χ0n) is 9.37. The van der Waals surface area contributed by atoms with Gasteiger partial charge in [0.15, 0.2) is 5.13 Å². The number of rotatable bonds is 5. The van der Waals surface area contributed by atoms with Crippen molar-refractivity contribution in [3.8, 4) is 0 Å². The third-order valence-corrected chi connectivity index (χ3v) is 2.97. The quantitative estimate of drug-likeness (QED) is 0.810. The molecule has 0 aliphatic rings. The van der Waals surface area contributed by atoms with Gasteiger partial charge in [0.1, 0.15) is 0 Å². The normalized spacial score (nSPS) is 10.9.